The summed E-state index contributed by atoms with van der Waals surface area (Å²) >= 11 is 1.51. The van der Waals surface area contributed by atoms with Crippen LogP contribution in [0.5, 0.6) is 0 Å². The molecule has 25 heavy (non-hydrogen) atoms. The summed E-state index contributed by atoms with van der Waals surface area (Å²) in [6, 6.07) is 0. The third-order valence-electron chi connectivity index (χ3n) is 4.65. The Morgan fingerprint density at radius 1 is 1.20 bits per heavy atom. The van der Waals surface area contributed by atoms with E-state index in [0.29, 0.717) is 0 Å². The van der Waals surface area contributed by atoms with Gasteiger partial charge in [-0.3, -0.25) is 9.89 Å². The van der Waals surface area contributed by atoms with Crippen molar-refractivity contribution >= 4 is 22.6 Å². The van der Waals surface area contributed by atoms with Crippen molar-refractivity contribution in [3.05, 3.63) is 5.82 Å². The van der Waals surface area contributed by atoms with Crippen molar-refractivity contribution in [3.8, 4) is 0 Å². The number of aliphatic imine (C=N–C) groups is 1. The smallest absolute Gasteiger partial charge is 0.205 e. The number of rotatable bonds is 5. The van der Waals surface area contributed by atoms with E-state index in [0.717, 1.165) is 88.9 Å². The minimum atomic E-state index is 0.849. The molecule has 3 heterocycles. The number of ether oxygens (including phenoxy) is 1. The summed E-state index contributed by atoms with van der Waals surface area (Å²) < 4.78 is 9.78. The molecule has 2 aliphatic heterocycles. The molecule has 2 fully saturated rings. The third kappa shape index (κ3) is 5.02. The second kappa shape index (κ2) is 9.30. The number of anilines is 1. The van der Waals surface area contributed by atoms with Gasteiger partial charge in [0.05, 0.1) is 13.2 Å². The van der Waals surface area contributed by atoms with Crippen molar-refractivity contribution in [2.24, 2.45) is 4.99 Å². The largest absolute Gasteiger partial charge is 0.379 e. The molecule has 8 nitrogen and oxygen atoms in total. The van der Waals surface area contributed by atoms with Crippen LogP contribution in [-0.2, 0) is 11.2 Å². The van der Waals surface area contributed by atoms with Crippen LogP contribution in [0.25, 0.3) is 0 Å². The Morgan fingerprint density at radius 2 is 1.96 bits per heavy atom. The SMILES string of the molecule is CCc1nsc(N2CCN(C(=NC)NCCN3CCOCC3)CC2)n1. The van der Waals surface area contributed by atoms with E-state index in [-0.39, 0.29) is 0 Å². The first-order valence-corrected chi connectivity index (χ1v) is 9.90. The molecule has 1 aromatic rings. The van der Waals surface area contributed by atoms with Crippen molar-refractivity contribution in [2.45, 2.75) is 13.3 Å². The molecule has 0 unspecified atom stereocenters. The Hall–Kier alpha value is -1.45. The molecule has 140 valence electrons. The molecule has 0 radical (unpaired) electrons. The van der Waals surface area contributed by atoms with Crippen molar-refractivity contribution in [1.82, 2.24) is 24.5 Å². The van der Waals surface area contributed by atoms with E-state index in [4.69, 9.17) is 4.74 Å². The molecule has 0 aliphatic carbocycles. The molecule has 2 aliphatic rings. The molecule has 1 aromatic heterocycles. The number of aromatic nitrogens is 2. The lowest BCUT2D eigenvalue weighted by atomic mass is 10.3. The van der Waals surface area contributed by atoms with Gasteiger partial charge in [0.1, 0.15) is 5.82 Å². The molecule has 0 spiro atoms. The van der Waals surface area contributed by atoms with E-state index in [1.54, 1.807) is 0 Å². The third-order valence-corrected chi connectivity index (χ3v) is 5.46. The summed E-state index contributed by atoms with van der Waals surface area (Å²) in [5.41, 5.74) is 0. The van der Waals surface area contributed by atoms with Crippen molar-refractivity contribution < 1.29 is 4.74 Å². The summed E-state index contributed by atoms with van der Waals surface area (Å²) in [5, 5.41) is 4.55. The molecule has 0 aromatic carbocycles. The zero-order valence-electron chi connectivity index (χ0n) is 15.3. The lowest BCUT2D eigenvalue weighted by molar-refractivity contribution is 0.0388. The van der Waals surface area contributed by atoms with E-state index < -0.39 is 0 Å². The quantitative estimate of drug-likeness (QED) is 0.586. The van der Waals surface area contributed by atoms with Gasteiger partial charge in [0.15, 0.2) is 5.96 Å². The zero-order valence-corrected chi connectivity index (χ0v) is 16.1. The van der Waals surface area contributed by atoms with Crippen LogP contribution in [0.4, 0.5) is 5.13 Å². The van der Waals surface area contributed by atoms with Gasteiger partial charge in [-0.2, -0.15) is 4.37 Å². The van der Waals surface area contributed by atoms with Gasteiger partial charge in [-0.1, -0.05) is 6.92 Å². The molecule has 0 bridgehead atoms. The molecule has 0 saturated carbocycles. The van der Waals surface area contributed by atoms with Gasteiger partial charge in [-0.15, -0.1) is 0 Å². The number of hydrogen-bond donors (Lipinski definition) is 1. The maximum atomic E-state index is 5.39. The van der Waals surface area contributed by atoms with Gasteiger partial charge < -0.3 is 19.9 Å². The van der Waals surface area contributed by atoms with E-state index in [1.165, 1.54) is 11.5 Å². The fourth-order valence-electron chi connectivity index (χ4n) is 3.11. The van der Waals surface area contributed by atoms with E-state index >= 15 is 0 Å². The normalized spacial score (nSPS) is 20.2. The lowest BCUT2D eigenvalue weighted by Gasteiger charge is -2.36. The van der Waals surface area contributed by atoms with E-state index in [2.05, 4.69) is 41.3 Å². The maximum Gasteiger partial charge on any atom is 0.205 e. The van der Waals surface area contributed by atoms with Crippen LogP contribution >= 0.6 is 11.5 Å². The number of aryl methyl sites for hydroxylation is 1. The molecule has 0 atom stereocenters. The average molecular weight is 368 g/mol. The van der Waals surface area contributed by atoms with Gasteiger partial charge in [-0.05, 0) is 0 Å². The Morgan fingerprint density at radius 3 is 2.60 bits per heavy atom. The van der Waals surface area contributed by atoms with E-state index in [9.17, 15) is 0 Å². The van der Waals surface area contributed by atoms with Crippen LogP contribution in [0.1, 0.15) is 12.7 Å². The van der Waals surface area contributed by atoms with Crippen LogP contribution in [0.3, 0.4) is 0 Å². The van der Waals surface area contributed by atoms with Gasteiger partial charge in [-0.25, -0.2) is 4.98 Å². The van der Waals surface area contributed by atoms with Crippen LogP contribution in [-0.4, -0.2) is 97.7 Å². The predicted molar refractivity (Wildman–Crippen MR) is 102 cm³/mol. The molecule has 1 N–H and O–H groups in total. The minimum absolute atomic E-state index is 0.849. The molecule has 9 heteroatoms. The minimum Gasteiger partial charge on any atom is -0.379 e. The molecule has 3 rings (SSSR count). The fourth-order valence-corrected chi connectivity index (χ4v) is 3.91. The number of nitrogens with zero attached hydrogens (tertiary/aromatic N) is 6. The lowest BCUT2D eigenvalue weighted by Crippen LogP contribution is -2.53. The average Bonchev–Trinajstić information content (AvgIpc) is 3.16. The Balaban J connectivity index is 1.42. The summed E-state index contributed by atoms with van der Waals surface area (Å²) in [6.07, 6.45) is 0.899. The second-order valence-corrected chi connectivity index (χ2v) is 6.98. The number of nitrogens with one attached hydrogen (secondary N) is 1. The Labute approximate surface area is 154 Å². The molecular weight excluding hydrogens is 338 g/mol. The van der Waals surface area contributed by atoms with Crippen LogP contribution in [0.15, 0.2) is 4.99 Å². The van der Waals surface area contributed by atoms with Crippen molar-refractivity contribution in [3.63, 3.8) is 0 Å². The first kappa shape index (κ1) is 18.3. The topological polar surface area (TPSA) is 69.1 Å². The highest BCUT2D eigenvalue weighted by molar-refractivity contribution is 7.09. The Kier molecular flexibility index (Phi) is 6.83. The highest BCUT2D eigenvalue weighted by Gasteiger charge is 2.22. The summed E-state index contributed by atoms with van der Waals surface area (Å²) in [4.78, 5) is 16.1. The number of hydrogen-bond acceptors (Lipinski definition) is 7. The second-order valence-electron chi connectivity index (χ2n) is 6.25. The highest BCUT2D eigenvalue weighted by Crippen LogP contribution is 2.19. The van der Waals surface area contributed by atoms with Gasteiger partial charge in [0.2, 0.25) is 5.13 Å². The molecular formula is C16H29N7OS. The summed E-state index contributed by atoms with van der Waals surface area (Å²) in [5.74, 6) is 1.95. The predicted octanol–water partition coefficient (Wildman–Crippen LogP) is 0.130. The monoisotopic (exact) mass is 367 g/mol. The molecule has 2 saturated heterocycles. The van der Waals surface area contributed by atoms with Gasteiger partial charge in [0, 0.05) is 77.4 Å². The Bertz CT molecular complexity index is 550. The number of guanidine groups is 1. The standard InChI is InChI=1S/C16H29N7OS/c1-3-14-19-16(25-20-14)23-8-6-22(7-9-23)15(17-2)18-4-5-21-10-12-24-13-11-21/h3-13H2,1-2H3,(H,17,18). The number of piperazine rings is 1. The first-order chi connectivity index (χ1) is 12.3. The van der Waals surface area contributed by atoms with Crippen molar-refractivity contribution in [1.29, 1.82) is 0 Å². The highest BCUT2D eigenvalue weighted by atomic mass is 32.1. The van der Waals surface area contributed by atoms with Crippen LogP contribution < -0.4 is 10.2 Å². The summed E-state index contributed by atoms with van der Waals surface area (Å²) in [6.45, 7) is 11.6. The van der Waals surface area contributed by atoms with Crippen LogP contribution in [0, 0.1) is 0 Å². The zero-order chi connectivity index (χ0) is 17.5. The maximum absolute atomic E-state index is 5.39. The van der Waals surface area contributed by atoms with Crippen LogP contribution in [0.2, 0.25) is 0 Å². The van der Waals surface area contributed by atoms with Gasteiger partial charge >= 0.3 is 0 Å². The number of morpholine rings is 1. The summed E-state index contributed by atoms with van der Waals surface area (Å²) in [7, 11) is 1.86. The van der Waals surface area contributed by atoms with E-state index in [1.807, 2.05) is 7.05 Å². The van der Waals surface area contributed by atoms with Crippen molar-refractivity contribution in [2.75, 3.05) is 77.5 Å². The first-order valence-electron chi connectivity index (χ1n) is 9.13. The fraction of sp³-hybridized carbons (Fsp3) is 0.812. The van der Waals surface area contributed by atoms with Gasteiger partial charge in [0.25, 0.3) is 0 Å². The molecule has 0 amide bonds.